The molecule has 0 saturated heterocycles. The molecule has 2 unspecified atom stereocenters. The normalized spacial score (nSPS) is 14.7. The summed E-state index contributed by atoms with van der Waals surface area (Å²) in [4.78, 5) is 3.68. The van der Waals surface area contributed by atoms with E-state index in [-0.39, 0.29) is 0 Å². The molecule has 0 saturated carbocycles. The van der Waals surface area contributed by atoms with Gasteiger partial charge in [0.05, 0.1) is 18.6 Å². The number of imidazole rings is 1. The molecule has 31 heavy (non-hydrogen) atoms. The van der Waals surface area contributed by atoms with Crippen molar-refractivity contribution in [2.45, 2.75) is 14.9 Å². The van der Waals surface area contributed by atoms with Gasteiger partial charge in [-0.3, -0.25) is 0 Å². The average Bonchev–Trinajstić information content (AvgIpc) is 3.31. The van der Waals surface area contributed by atoms with Gasteiger partial charge in [0.2, 0.25) is 4.58 Å². The van der Waals surface area contributed by atoms with Crippen LogP contribution in [-0.4, -0.2) is 25.8 Å². The zero-order chi connectivity index (χ0) is 21.9. The van der Waals surface area contributed by atoms with Crippen molar-refractivity contribution in [3.63, 3.8) is 0 Å². The van der Waals surface area contributed by atoms with E-state index in [0.29, 0.717) is 5.69 Å². The minimum absolute atomic E-state index is 0.473. The zero-order valence-electron chi connectivity index (χ0n) is 16.6. The molecule has 0 aliphatic rings. The first-order valence-electron chi connectivity index (χ1n) is 9.84. The van der Waals surface area contributed by atoms with Crippen molar-refractivity contribution in [2.24, 2.45) is 0 Å². The zero-order valence-corrected chi connectivity index (χ0v) is 19.7. The first-order valence-corrected chi connectivity index (χ1v) is 11.5. The number of hydrogen-bond donors (Lipinski definition) is 1. The second-order valence-electron chi connectivity index (χ2n) is 7.30. The van der Waals surface area contributed by atoms with Crippen LogP contribution >= 0.6 is 31.9 Å². The molecule has 1 heterocycles. The molecule has 0 fully saturated rings. The molecule has 4 rings (SSSR count). The lowest BCUT2D eigenvalue weighted by Crippen LogP contribution is -2.37. The van der Waals surface area contributed by atoms with Crippen molar-refractivity contribution in [3.05, 3.63) is 126 Å². The fraction of sp³-hybridized carbons (Fsp3) is 0.160. The van der Waals surface area contributed by atoms with Gasteiger partial charge in [-0.25, -0.2) is 9.37 Å². The van der Waals surface area contributed by atoms with Crippen molar-refractivity contribution in [2.75, 3.05) is 6.61 Å². The molecule has 0 radical (unpaired) electrons. The van der Waals surface area contributed by atoms with Gasteiger partial charge < -0.3 is 9.67 Å². The number of aromatic nitrogens is 2. The minimum Gasteiger partial charge on any atom is -0.392 e. The molecular formula is C25H21Br2FN2O. The van der Waals surface area contributed by atoms with Crippen LogP contribution in [0.4, 0.5) is 4.39 Å². The molecule has 158 valence electrons. The summed E-state index contributed by atoms with van der Waals surface area (Å²) in [5, 5.41) is 9.44. The van der Waals surface area contributed by atoms with Crippen LogP contribution in [0.25, 0.3) is 0 Å². The highest BCUT2D eigenvalue weighted by atomic mass is 79.9. The number of benzene rings is 3. The van der Waals surface area contributed by atoms with Gasteiger partial charge in [0.1, 0.15) is 10.4 Å². The highest BCUT2D eigenvalue weighted by Crippen LogP contribution is 2.44. The van der Waals surface area contributed by atoms with Gasteiger partial charge in [0, 0.05) is 6.20 Å². The predicted molar refractivity (Wildman–Crippen MR) is 128 cm³/mol. The van der Waals surface area contributed by atoms with Crippen molar-refractivity contribution < 1.29 is 9.50 Å². The molecule has 6 heteroatoms. The topological polar surface area (TPSA) is 38.0 Å². The molecule has 4 aromatic rings. The maximum atomic E-state index is 14.7. The first kappa shape index (κ1) is 21.9. The van der Waals surface area contributed by atoms with Crippen molar-refractivity contribution in [1.82, 2.24) is 9.55 Å². The van der Waals surface area contributed by atoms with Crippen LogP contribution in [-0.2, 0) is 5.54 Å². The van der Waals surface area contributed by atoms with E-state index in [1.54, 1.807) is 6.33 Å². The maximum Gasteiger partial charge on any atom is 0.205 e. The van der Waals surface area contributed by atoms with E-state index in [9.17, 15) is 9.50 Å². The molecular weight excluding hydrogens is 523 g/mol. The molecule has 2 atom stereocenters. The Bertz CT molecular complexity index is 1020. The van der Waals surface area contributed by atoms with E-state index in [0.717, 1.165) is 16.7 Å². The van der Waals surface area contributed by atoms with Gasteiger partial charge in [-0.15, -0.1) is 0 Å². The van der Waals surface area contributed by atoms with Crippen molar-refractivity contribution in [3.8, 4) is 0 Å². The molecule has 1 N–H and O–H groups in total. The largest absolute Gasteiger partial charge is 0.392 e. The molecule has 3 nitrogen and oxygen atoms in total. The summed E-state index contributed by atoms with van der Waals surface area (Å²) >= 11 is 6.32. The van der Waals surface area contributed by atoms with Crippen LogP contribution in [0.3, 0.4) is 0 Å². The number of alkyl halides is 3. The summed E-state index contributed by atoms with van der Waals surface area (Å²) < 4.78 is 14.7. The van der Waals surface area contributed by atoms with E-state index in [4.69, 9.17) is 0 Å². The van der Waals surface area contributed by atoms with E-state index in [2.05, 4.69) is 73.2 Å². The highest BCUT2D eigenvalue weighted by Gasteiger charge is 2.41. The molecule has 1 aromatic heterocycles. The van der Waals surface area contributed by atoms with E-state index in [1.807, 2.05) is 65.4 Å². The number of aliphatic hydroxyl groups is 1. The van der Waals surface area contributed by atoms with Crippen LogP contribution in [0, 0.1) is 0 Å². The Kier molecular flexibility index (Phi) is 6.42. The number of aliphatic hydroxyl groups excluding tert-OH is 1. The SMILES string of the molecule is OCC(F)(Br)C(Br)c1cn(C(c2ccccc2)(c2ccccc2)c2ccccc2)cn1. The third-order valence-electron chi connectivity index (χ3n) is 5.41. The number of hydrogen-bond acceptors (Lipinski definition) is 2. The average molecular weight is 544 g/mol. The maximum absolute atomic E-state index is 14.7. The Morgan fingerprint density at radius 2 is 1.26 bits per heavy atom. The second-order valence-corrected chi connectivity index (χ2v) is 9.53. The van der Waals surface area contributed by atoms with E-state index < -0.39 is 21.6 Å². The fourth-order valence-electron chi connectivity index (χ4n) is 3.93. The lowest BCUT2D eigenvalue weighted by molar-refractivity contribution is 0.154. The van der Waals surface area contributed by atoms with Gasteiger partial charge in [0.15, 0.2) is 0 Å². The smallest absolute Gasteiger partial charge is 0.205 e. The van der Waals surface area contributed by atoms with Gasteiger partial charge in [-0.1, -0.05) is 107 Å². The summed E-state index contributed by atoms with van der Waals surface area (Å²) in [5.41, 5.74) is 2.91. The highest BCUT2D eigenvalue weighted by molar-refractivity contribution is 9.12. The monoisotopic (exact) mass is 542 g/mol. The summed E-state index contributed by atoms with van der Waals surface area (Å²) in [6, 6.07) is 30.6. The standard InChI is InChI=1S/C25H21Br2FN2O/c26-23(24(27,28)17-31)22-16-30(18-29-22)25(19-10-4-1-5-11-19,20-12-6-2-7-13-20)21-14-8-3-9-15-21/h1-16,18,23,31H,17H2. The van der Waals surface area contributed by atoms with Crippen LogP contribution in [0.15, 0.2) is 104 Å². The van der Waals surface area contributed by atoms with Gasteiger partial charge in [-0.2, -0.15) is 0 Å². The van der Waals surface area contributed by atoms with Crippen LogP contribution in [0.2, 0.25) is 0 Å². The Labute approximate surface area is 197 Å². The quantitative estimate of drug-likeness (QED) is 0.222. The fourth-order valence-corrected chi connectivity index (χ4v) is 4.55. The van der Waals surface area contributed by atoms with Crippen LogP contribution < -0.4 is 0 Å². The first-order chi connectivity index (χ1) is 15.0. The molecule has 0 amide bonds. The Morgan fingerprint density at radius 3 is 1.65 bits per heavy atom. The van der Waals surface area contributed by atoms with Gasteiger partial charge in [0.25, 0.3) is 0 Å². The Morgan fingerprint density at radius 1 is 0.839 bits per heavy atom. The predicted octanol–water partition coefficient (Wildman–Crippen LogP) is 6.21. The lowest BCUT2D eigenvalue weighted by Gasteiger charge is -2.37. The summed E-state index contributed by atoms with van der Waals surface area (Å²) in [5.74, 6) is 0. The number of nitrogens with zero attached hydrogens (tertiary/aromatic N) is 2. The molecule has 0 bridgehead atoms. The molecule has 0 spiro atoms. The van der Waals surface area contributed by atoms with Gasteiger partial charge in [-0.05, 0) is 32.6 Å². The number of rotatable bonds is 7. The molecule has 0 aliphatic heterocycles. The summed E-state index contributed by atoms with van der Waals surface area (Å²) in [7, 11) is 0. The van der Waals surface area contributed by atoms with E-state index in [1.165, 1.54) is 0 Å². The third-order valence-corrected chi connectivity index (χ3v) is 7.92. The van der Waals surface area contributed by atoms with Crippen LogP contribution in [0.1, 0.15) is 27.2 Å². The lowest BCUT2D eigenvalue weighted by atomic mass is 9.77. The summed E-state index contributed by atoms with van der Waals surface area (Å²) in [6.45, 7) is -0.684. The van der Waals surface area contributed by atoms with Gasteiger partial charge >= 0.3 is 0 Å². The van der Waals surface area contributed by atoms with E-state index >= 15 is 0 Å². The number of halogens is 3. The Hall–Kier alpha value is -2.28. The Balaban J connectivity index is 2.00. The molecule has 3 aromatic carbocycles. The van der Waals surface area contributed by atoms with Crippen LogP contribution in [0.5, 0.6) is 0 Å². The second kappa shape index (κ2) is 9.07. The van der Waals surface area contributed by atoms with Crippen molar-refractivity contribution in [1.29, 1.82) is 0 Å². The summed E-state index contributed by atoms with van der Waals surface area (Å²) in [6.07, 6.45) is 3.55. The minimum atomic E-state index is -2.03. The third kappa shape index (κ3) is 4.00. The van der Waals surface area contributed by atoms with Crippen molar-refractivity contribution >= 4 is 31.9 Å². The molecule has 0 aliphatic carbocycles.